The summed E-state index contributed by atoms with van der Waals surface area (Å²) in [4.78, 5) is 9.97. The molecule has 0 aliphatic heterocycles. The van der Waals surface area contributed by atoms with E-state index in [0.29, 0.717) is 0 Å². The molecule has 0 amide bonds. The number of nitrogens with zero attached hydrogens (tertiary/aromatic N) is 3. The first-order valence-corrected chi connectivity index (χ1v) is 5.05. The maximum absolute atomic E-state index is 3.95. The number of rotatable bonds is 3. The third-order valence-corrected chi connectivity index (χ3v) is 2.21. The molecule has 0 radical (unpaired) electrons. The first-order valence-electron chi connectivity index (χ1n) is 5.05. The van der Waals surface area contributed by atoms with Gasteiger partial charge in [0, 0.05) is 25.5 Å². The van der Waals surface area contributed by atoms with E-state index in [4.69, 9.17) is 0 Å². The number of hydrogen-bond donors (Lipinski definition) is 1. The van der Waals surface area contributed by atoms with E-state index in [-0.39, 0.29) is 0 Å². The van der Waals surface area contributed by atoms with Gasteiger partial charge in [-0.05, 0) is 18.2 Å². The van der Waals surface area contributed by atoms with Crippen LogP contribution in [-0.4, -0.2) is 24.1 Å². The van der Waals surface area contributed by atoms with E-state index in [1.807, 2.05) is 26.2 Å². The van der Waals surface area contributed by atoms with E-state index < -0.39 is 0 Å². The zero-order valence-electron chi connectivity index (χ0n) is 9.38. The molecule has 0 bridgehead atoms. The average Bonchev–Trinajstić information content (AvgIpc) is 2.30. The summed E-state index contributed by atoms with van der Waals surface area (Å²) in [5.41, 5.74) is 3.07. The Balaban J connectivity index is 2.19. The Hall–Kier alpha value is -2.10. The predicted octanol–water partition coefficient (Wildman–Crippen LogP) is 2.29. The number of benzene rings is 1. The van der Waals surface area contributed by atoms with E-state index in [2.05, 4.69) is 32.3 Å². The minimum atomic E-state index is 0.887. The zero-order valence-corrected chi connectivity index (χ0v) is 9.38. The molecular formula is C12H14N4. The summed E-state index contributed by atoms with van der Waals surface area (Å²) in [6.45, 7) is 0. The van der Waals surface area contributed by atoms with Gasteiger partial charge in [0.05, 0.1) is 18.1 Å². The smallest absolute Gasteiger partial charge is 0.115 e. The maximum atomic E-state index is 3.95. The van der Waals surface area contributed by atoms with Crippen LogP contribution in [0.5, 0.6) is 0 Å². The molecule has 4 nitrogen and oxygen atoms in total. The van der Waals surface area contributed by atoms with E-state index in [0.717, 1.165) is 17.1 Å². The summed E-state index contributed by atoms with van der Waals surface area (Å²) in [6.07, 6.45) is 5.01. The fourth-order valence-electron chi connectivity index (χ4n) is 1.39. The Kier molecular flexibility index (Phi) is 3.00. The van der Waals surface area contributed by atoms with Gasteiger partial charge in [-0.3, -0.25) is 0 Å². The lowest BCUT2D eigenvalue weighted by molar-refractivity contribution is 1.13. The summed E-state index contributed by atoms with van der Waals surface area (Å²) in [5.74, 6) is 0. The highest BCUT2D eigenvalue weighted by Gasteiger charge is 1.98. The molecule has 1 heterocycles. The molecule has 0 saturated carbocycles. The van der Waals surface area contributed by atoms with E-state index in [9.17, 15) is 0 Å². The number of aromatic nitrogens is 2. The summed E-state index contributed by atoms with van der Waals surface area (Å²) in [7, 11) is 4.04. The standard InChI is InChI=1S/C12H14N4/c1-16(2)12-5-3-4-10(6-12)15-11-7-13-9-14-8-11/h3-9,15H,1-2H3. The highest BCUT2D eigenvalue weighted by atomic mass is 15.1. The van der Waals surface area contributed by atoms with Gasteiger partial charge in [-0.15, -0.1) is 0 Å². The Bertz CT molecular complexity index is 454. The van der Waals surface area contributed by atoms with Crippen LogP contribution in [0.25, 0.3) is 0 Å². The van der Waals surface area contributed by atoms with Gasteiger partial charge in [0.25, 0.3) is 0 Å². The van der Waals surface area contributed by atoms with Crippen LogP contribution in [0.2, 0.25) is 0 Å². The lowest BCUT2D eigenvalue weighted by Gasteiger charge is -2.14. The molecule has 16 heavy (non-hydrogen) atoms. The van der Waals surface area contributed by atoms with Crippen molar-refractivity contribution in [1.82, 2.24) is 9.97 Å². The first kappa shape index (κ1) is 10.4. The summed E-state index contributed by atoms with van der Waals surface area (Å²) in [5, 5.41) is 3.25. The van der Waals surface area contributed by atoms with Crippen LogP contribution in [0.4, 0.5) is 17.1 Å². The molecule has 1 N–H and O–H groups in total. The van der Waals surface area contributed by atoms with Crippen molar-refractivity contribution in [2.45, 2.75) is 0 Å². The Morgan fingerprint density at radius 1 is 1.06 bits per heavy atom. The van der Waals surface area contributed by atoms with Gasteiger partial charge in [-0.2, -0.15) is 0 Å². The molecule has 4 heteroatoms. The second kappa shape index (κ2) is 4.61. The zero-order chi connectivity index (χ0) is 11.4. The second-order valence-electron chi connectivity index (χ2n) is 3.70. The molecule has 0 atom stereocenters. The molecule has 82 valence electrons. The molecule has 1 aromatic carbocycles. The fourth-order valence-corrected chi connectivity index (χ4v) is 1.39. The molecular weight excluding hydrogens is 200 g/mol. The fraction of sp³-hybridized carbons (Fsp3) is 0.167. The van der Waals surface area contributed by atoms with Crippen LogP contribution >= 0.6 is 0 Å². The number of anilines is 3. The van der Waals surface area contributed by atoms with Crippen LogP contribution in [0.1, 0.15) is 0 Å². The van der Waals surface area contributed by atoms with Gasteiger partial charge in [0.15, 0.2) is 0 Å². The highest BCUT2D eigenvalue weighted by molar-refractivity contribution is 5.63. The van der Waals surface area contributed by atoms with Gasteiger partial charge in [0.1, 0.15) is 6.33 Å². The molecule has 0 fully saturated rings. The minimum absolute atomic E-state index is 0.887. The monoisotopic (exact) mass is 214 g/mol. The highest BCUT2D eigenvalue weighted by Crippen LogP contribution is 2.20. The predicted molar refractivity (Wildman–Crippen MR) is 66.1 cm³/mol. The Morgan fingerprint density at radius 3 is 2.50 bits per heavy atom. The average molecular weight is 214 g/mol. The van der Waals surface area contributed by atoms with Gasteiger partial charge in [0.2, 0.25) is 0 Å². The third kappa shape index (κ3) is 2.48. The van der Waals surface area contributed by atoms with Crippen LogP contribution in [0.15, 0.2) is 43.0 Å². The number of hydrogen-bond acceptors (Lipinski definition) is 4. The molecule has 1 aromatic heterocycles. The molecule has 0 aliphatic carbocycles. The van der Waals surface area contributed by atoms with Crippen LogP contribution in [-0.2, 0) is 0 Å². The van der Waals surface area contributed by atoms with Crippen molar-refractivity contribution in [2.75, 3.05) is 24.3 Å². The summed E-state index contributed by atoms with van der Waals surface area (Å²) >= 11 is 0. The Morgan fingerprint density at radius 2 is 1.81 bits per heavy atom. The van der Waals surface area contributed by atoms with E-state index in [1.165, 1.54) is 6.33 Å². The van der Waals surface area contributed by atoms with Crippen LogP contribution in [0, 0.1) is 0 Å². The van der Waals surface area contributed by atoms with Gasteiger partial charge < -0.3 is 10.2 Å². The molecule has 0 saturated heterocycles. The van der Waals surface area contributed by atoms with Gasteiger partial charge >= 0.3 is 0 Å². The maximum Gasteiger partial charge on any atom is 0.115 e. The molecule has 0 unspecified atom stereocenters. The second-order valence-corrected chi connectivity index (χ2v) is 3.70. The van der Waals surface area contributed by atoms with E-state index >= 15 is 0 Å². The molecule has 0 aliphatic rings. The van der Waals surface area contributed by atoms with Crippen molar-refractivity contribution in [3.63, 3.8) is 0 Å². The van der Waals surface area contributed by atoms with Gasteiger partial charge in [-0.1, -0.05) is 6.07 Å². The molecule has 2 aromatic rings. The Labute approximate surface area is 95.0 Å². The molecule has 0 spiro atoms. The van der Waals surface area contributed by atoms with Crippen molar-refractivity contribution < 1.29 is 0 Å². The number of nitrogens with one attached hydrogen (secondary N) is 1. The minimum Gasteiger partial charge on any atom is -0.378 e. The SMILES string of the molecule is CN(C)c1cccc(Nc2cncnc2)c1. The first-order chi connectivity index (χ1) is 7.75. The van der Waals surface area contributed by atoms with Crippen molar-refractivity contribution in [1.29, 1.82) is 0 Å². The lowest BCUT2D eigenvalue weighted by atomic mass is 10.2. The van der Waals surface area contributed by atoms with Crippen molar-refractivity contribution in [3.8, 4) is 0 Å². The van der Waals surface area contributed by atoms with Crippen molar-refractivity contribution >= 4 is 17.1 Å². The van der Waals surface area contributed by atoms with Crippen LogP contribution in [0.3, 0.4) is 0 Å². The third-order valence-electron chi connectivity index (χ3n) is 2.21. The van der Waals surface area contributed by atoms with Crippen molar-refractivity contribution in [2.24, 2.45) is 0 Å². The van der Waals surface area contributed by atoms with Crippen LogP contribution < -0.4 is 10.2 Å². The summed E-state index contributed by atoms with van der Waals surface area (Å²) in [6, 6.07) is 8.17. The topological polar surface area (TPSA) is 41.0 Å². The normalized spacial score (nSPS) is 9.88. The van der Waals surface area contributed by atoms with Crippen molar-refractivity contribution in [3.05, 3.63) is 43.0 Å². The van der Waals surface area contributed by atoms with Gasteiger partial charge in [-0.25, -0.2) is 9.97 Å². The lowest BCUT2D eigenvalue weighted by Crippen LogP contribution is -2.08. The van der Waals surface area contributed by atoms with E-state index in [1.54, 1.807) is 12.4 Å². The largest absolute Gasteiger partial charge is 0.378 e. The summed E-state index contributed by atoms with van der Waals surface area (Å²) < 4.78 is 0. The molecule has 2 rings (SSSR count). The quantitative estimate of drug-likeness (QED) is 0.851.